The number of carbonyl (C=O) groups is 1. The number of rotatable bonds is 5. The van der Waals surface area contributed by atoms with Crippen LogP contribution in [0.25, 0.3) is 11.1 Å². The molecule has 3 rings (SSSR count). The van der Waals surface area contributed by atoms with Gasteiger partial charge in [0.15, 0.2) is 0 Å². The highest BCUT2D eigenvalue weighted by Gasteiger charge is 2.07. The van der Waals surface area contributed by atoms with Gasteiger partial charge < -0.3 is 9.47 Å². The molecule has 3 aromatic rings. The van der Waals surface area contributed by atoms with Gasteiger partial charge in [-0.05, 0) is 41.0 Å². The summed E-state index contributed by atoms with van der Waals surface area (Å²) in [6.45, 7) is 0. The van der Waals surface area contributed by atoms with E-state index in [-0.39, 0.29) is 12.4 Å². The van der Waals surface area contributed by atoms with Gasteiger partial charge in [0.2, 0.25) is 0 Å². The van der Waals surface area contributed by atoms with E-state index < -0.39 is 0 Å². The SMILES string of the molecule is COc1ccc(CC(=O)Oc2ccc(-c3ccccc3)cc2)cc1. The van der Waals surface area contributed by atoms with E-state index in [1.807, 2.05) is 78.9 Å². The molecule has 3 nitrogen and oxygen atoms in total. The van der Waals surface area contributed by atoms with Crippen molar-refractivity contribution in [2.75, 3.05) is 7.11 Å². The zero-order chi connectivity index (χ0) is 16.8. The van der Waals surface area contributed by atoms with Crippen LogP contribution in [0.2, 0.25) is 0 Å². The fraction of sp³-hybridized carbons (Fsp3) is 0.0952. The van der Waals surface area contributed by atoms with Gasteiger partial charge in [-0.25, -0.2) is 0 Å². The van der Waals surface area contributed by atoms with Crippen molar-refractivity contribution in [3.63, 3.8) is 0 Å². The fourth-order valence-corrected chi connectivity index (χ4v) is 2.42. The van der Waals surface area contributed by atoms with Crippen LogP contribution in [0, 0.1) is 0 Å². The van der Waals surface area contributed by atoms with Crippen LogP contribution in [0.5, 0.6) is 11.5 Å². The smallest absolute Gasteiger partial charge is 0.315 e. The molecule has 0 spiro atoms. The molecule has 24 heavy (non-hydrogen) atoms. The molecule has 3 aromatic carbocycles. The number of hydrogen-bond donors (Lipinski definition) is 0. The second-order valence-electron chi connectivity index (χ2n) is 5.39. The Morgan fingerprint density at radius 2 is 1.33 bits per heavy atom. The predicted octanol–water partition coefficient (Wildman–Crippen LogP) is 4.51. The van der Waals surface area contributed by atoms with E-state index in [2.05, 4.69) is 0 Å². The maximum Gasteiger partial charge on any atom is 0.315 e. The van der Waals surface area contributed by atoms with Gasteiger partial charge in [0, 0.05) is 0 Å². The molecule has 0 unspecified atom stereocenters. The van der Waals surface area contributed by atoms with Crippen molar-refractivity contribution in [1.82, 2.24) is 0 Å². The number of esters is 1. The Hall–Kier alpha value is -3.07. The first-order chi connectivity index (χ1) is 11.7. The summed E-state index contributed by atoms with van der Waals surface area (Å²) in [5, 5.41) is 0. The largest absolute Gasteiger partial charge is 0.497 e. The summed E-state index contributed by atoms with van der Waals surface area (Å²) >= 11 is 0. The summed E-state index contributed by atoms with van der Waals surface area (Å²) < 4.78 is 10.5. The molecule has 0 fully saturated rings. The highest BCUT2D eigenvalue weighted by atomic mass is 16.5. The first-order valence-corrected chi connectivity index (χ1v) is 7.74. The number of hydrogen-bond acceptors (Lipinski definition) is 3. The van der Waals surface area contributed by atoms with Crippen molar-refractivity contribution in [2.24, 2.45) is 0 Å². The molecule has 0 aliphatic rings. The van der Waals surface area contributed by atoms with Crippen molar-refractivity contribution in [3.05, 3.63) is 84.4 Å². The molecular formula is C21H18O3. The predicted molar refractivity (Wildman–Crippen MR) is 94.2 cm³/mol. The topological polar surface area (TPSA) is 35.5 Å². The highest BCUT2D eigenvalue weighted by Crippen LogP contribution is 2.22. The molecule has 0 atom stereocenters. The lowest BCUT2D eigenvalue weighted by atomic mass is 10.1. The molecule has 3 heteroatoms. The van der Waals surface area contributed by atoms with Crippen molar-refractivity contribution in [3.8, 4) is 22.6 Å². The van der Waals surface area contributed by atoms with Crippen LogP contribution in [-0.2, 0) is 11.2 Å². The maximum atomic E-state index is 12.0. The van der Waals surface area contributed by atoms with Gasteiger partial charge in [0.05, 0.1) is 13.5 Å². The lowest BCUT2D eigenvalue weighted by molar-refractivity contribution is -0.133. The molecule has 0 amide bonds. The van der Waals surface area contributed by atoms with Crippen LogP contribution < -0.4 is 9.47 Å². The molecule has 0 heterocycles. The summed E-state index contributed by atoms with van der Waals surface area (Å²) in [6.07, 6.45) is 0.227. The van der Waals surface area contributed by atoms with Gasteiger partial charge in [-0.3, -0.25) is 4.79 Å². The van der Waals surface area contributed by atoms with Gasteiger partial charge >= 0.3 is 5.97 Å². The Morgan fingerprint density at radius 1 is 0.750 bits per heavy atom. The van der Waals surface area contributed by atoms with E-state index >= 15 is 0 Å². The molecule has 0 saturated heterocycles. The lowest BCUT2D eigenvalue weighted by Crippen LogP contribution is -2.11. The van der Waals surface area contributed by atoms with Gasteiger partial charge in [-0.15, -0.1) is 0 Å². The van der Waals surface area contributed by atoms with Crippen molar-refractivity contribution in [2.45, 2.75) is 6.42 Å². The number of carbonyl (C=O) groups excluding carboxylic acids is 1. The van der Waals surface area contributed by atoms with E-state index in [1.165, 1.54) is 0 Å². The average molecular weight is 318 g/mol. The minimum Gasteiger partial charge on any atom is -0.497 e. The molecule has 120 valence electrons. The highest BCUT2D eigenvalue weighted by molar-refractivity contribution is 5.75. The van der Waals surface area contributed by atoms with E-state index in [0.29, 0.717) is 5.75 Å². The van der Waals surface area contributed by atoms with Crippen LogP contribution in [-0.4, -0.2) is 13.1 Å². The Morgan fingerprint density at radius 3 is 1.96 bits per heavy atom. The lowest BCUT2D eigenvalue weighted by Gasteiger charge is -2.07. The van der Waals surface area contributed by atoms with Crippen LogP contribution >= 0.6 is 0 Å². The summed E-state index contributed by atoms with van der Waals surface area (Å²) in [5.41, 5.74) is 3.11. The van der Waals surface area contributed by atoms with Gasteiger partial charge in [-0.1, -0.05) is 54.6 Å². The monoisotopic (exact) mass is 318 g/mol. The van der Waals surface area contributed by atoms with Crippen molar-refractivity contribution >= 4 is 5.97 Å². The van der Waals surface area contributed by atoms with Gasteiger partial charge in [-0.2, -0.15) is 0 Å². The van der Waals surface area contributed by atoms with E-state index in [1.54, 1.807) is 7.11 Å². The number of benzene rings is 3. The number of methoxy groups -OCH3 is 1. The van der Waals surface area contributed by atoms with Gasteiger partial charge in [0.1, 0.15) is 11.5 Å². The molecule has 0 bridgehead atoms. The first-order valence-electron chi connectivity index (χ1n) is 7.74. The zero-order valence-electron chi connectivity index (χ0n) is 13.4. The normalized spacial score (nSPS) is 10.2. The van der Waals surface area contributed by atoms with Crippen LogP contribution in [0.1, 0.15) is 5.56 Å². The third-order valence-electron chi connectivity index (χ3n) is 3.70. The second-order valence-corrected chi connectivity index (χ2v) is 5.39. The molecule has 0 N–H and O–H groups in total. The molecular weight excluding hydrogens is 300 g/mol. The third kappa shape index (κ3) is 4.02. The summed E-state index contributed by atoms with van der Waals surface area (Å²) in [5.74, 6) is 1.03. The Bertz CT molecular complexity index is 791. The molecule has 0 aliphatic carbocycles. The summed E-state index contributed by atoms with van der Waals surface area (Å²) in [6, 6.07) is 25.0. The molecule has 0 aliphatic heterocycles. The molecule has 0 aromatic heterocycles. The van der Waals surface area contributed by atoms with Gasteiger partial charge in [0.25, 0.3) is 0 Å². The Balaban J connectivity index is 1.62. The summed E-state index contributed by atoms with van der Waals surface area (Å²) in [7, 11) is 1.61. The van der Waals surface area contributed by atoms with Crippen LogP contribution in [0.4, 0.5) is 0 Å². The maximum absolute atomic E-state index is 12.0. The minimum atomic E-state index is -0.285. The van der Waals surface area contributed by atoms with E-state index in [4.69, 9.17) is 9.47 Å². The number of ether oxygens (including phenoxy) is 2. The van der Waals surface area contributed by atoms with Crippen molar-refractivity contribution in [1.29, 1.82) is 0 Å². The van der Waals surface area contributed by atoms with E-state index in [9.17, 15) is 4.79 Å². The molecule has 0 radical (unpaired) electrons. The Kier molecular flexibility index (Phi) is 4.92. The summed E-state index contributed by atoms with van der Waals surface area (Å²) in [4.78, 5) is 12.0. The second kappa shape index (κ2) is 7.47. The fourth-order valence-electron chi connectivity index (χ4n) is 2.42. The van der Waals surface area contributed by atoms with Crippen LogP contribution in [0.15, 0.2) is 78.9 Å². The standard InChI is InChI=1S/C21H18O3/c1-23-19-11-7-16(8-12-19)15-21(22)24-20-13-9-18(10-14-20)17-5-3-2-4-6-17/h2-14H,15H2,1H3. The zero-order valence-corrected chi connectivity index (χ0v) is 13.4. The van der Waals surface area contributed by atoms with E-state index in [0.717, 1.165) is 22.4 Å². The Labute approximate surface area is 141 Å². The first kappa shape index (κ1) is 15.8. The molecule has 0 saturated carbocycles. The average Bonchev–Trinajstić information content (AvgIpc) is 2.64. The van der Waals surface area contributed by atoms with Crippen LogP contribution in [0.3, 0.4) is 0 Å². The van der Waals surface area contributed by atoms with Crippen molar-refractivity contribution < 1.29 is 14.3 Å². The quantitative estimate of drug-likeness (QED) is 0.513. The minimum absolute atomic E-state index is 0.227. The third-order valence-corrected chi connectivity index (χ3v) is 3.70.